The first-order valence-electron chi connectivity index (χ1n) is 8.20. The summed E-state index contributed by atoms with van der Waals surface area (Å²) in [5, 5.41) is 8.42. The number of carboxylic acids is 1. The number of unbranched alkanes of at least 4 members (excludes halogenated alkanes) is 1. The molecular formula is C19H30O6. The molecule has 0 heterocycles. The molecule has 6 nitrogen and oxygen atoms in total. The van der Waals surface area contributed by atoms with Crippen molar-refractivity contribution in [3.8, 4) is 0 Å². The number of hydrogen-bond acceptors (Lipinski definition) is 5. The van der Waals surface area contributed by atoms with Crippen LogP contribution in [0.25, 0.3) is 0 Å². The molecule has 0 radical (unpaired) electrons. The molecule has 0 rings (SSSR count). The van der Waals surface area contributed by atoms with E-state index in [1.807, 2.05) is 0 Å². The van der Waals surface area contributed by atoms with E-state index < -0.39 is 11.9 Å². The van der Waals surface area contributed by atoms with Gasteiger partial charge in [0, 0.05) is 11.6 Å². The van der Waals surface area contributed by atoms with Crippen LogP contribution in [0.5, 0.6) is 0 Å². The first-order chi connectivity index (χ1) is 11.7. The Balaban J connectivity index is 0. The number of ether oxygens (including phenoxy) is 2. The Hall–Kier alpha value is -2.37. The van der Waals surface area contributed by atoms with Crippen LogP contribution in [0, 0.1) is 5.92 Å². The molecule has 1 unspecified atom stereocenters. The van der Waals surface area contributed by atoms with E-state index in [0.29, 0.717) is 18.1 Å². The zero-order valence-corrected chi connectivity index (χ0v) is 15.7. The van der Waals surface area contributed by atoms with Gasteiger partial charge in [-0.3, -0.25) is 0 Å². The van der Waals surface area contributed by atoms with Gasteiger partial charge in [-0.15, -0.1) is 0 Å². The van der Waals surface area contributed by atoms with Crippen LogP contribution < -0.4 is 0 Å². The van der Waals surface area contributed by atoms with E-state index >= 15 is 0 Å². The summed E-state index contributed by atoms with van der Waals surface area (Å²) in [5.74, 6) is -1.65. The number of carbonyl (C=O) groups excluding carboxylic acids is 2. The van der Waals surface area contributed by atoms with E-state index in [-0.39, 0.29) is 11.5 Å². The molecular weight excluding hydrogens is 324 g/mol. The second-order valence-corrected chi connectivity index (χ2v) is 5.48. The summed E-state index contributed by atoms with van der Waals surface area (Å²) in [4.78, 5) is 32.0. The van der Waals surface area contributed by atoms with E-state index in [9.17, 15) is 14.4 Å². The second kappa shape index (κ2) is 15.2. The normalized spacial score (nSPS) is 11.0. The molecule has 0 saturated carbocycles. The first-order valence-corrected chi connectivity index (χ1v) is 8.20. The van der Waals surface area contributed by atoms with Gasteiger partial charge in [0.1, 0.15) is 0 Å². The van der Waals surface area contributed by atoms with Gasteiger partial charge in [0.2, 0.25) is 0 Å². The Morgan fingerprint density at radius 3 is 2.08 bits per heavy atom. The predicted octanol–water partition coefficient (Wildman–Crippen LogP) is 3.68. The molecule has 6 heteroatoms. The minimum absolute atomic E-state index is 0.0581. The summed E-state index contributed by atoms with van der Waals surface area (Å²) >= 11 is 0. The fourth-order valence-corrected chi connectivity index (χ4v) is 1.60. The number of rotatable bonds is 10. The average molecular weight is 354 g/mol. The van der Waals surface area contributed by atoms with Gasteiger partial charge in [0.05, 0.1) is 19.3 Å². The molecule has 0 spiro atoms. The molecule has 0 aliphatic heterocycles. The van der Waals surface area contributed by atoms with E-state index in [1.165, 1.54) is 7.11 Å². The van der Waals surface area contributed by atoms with Crippen LogP contribution in [0.15, 0.2) is 36.5 Å². The maximum Gasteiger partial charge on any atom is 0.337 e. The monoisotopic (exact) mass is 354 g/mol. The van der Waals surface area contributed by atoms with Crippen LogP contribution in [-0.2, 0) is 23.9 Å². The second-order valence-electron chi connectivity index (χ2n) is 5.48. The number of esters is 2. The molecule has 142 valence electrons. The molecule has 25 heavy (non-hydrogen) atoms. The molecule has 1 N–H and O–H groups in total. The zero-order valence-electron chi connectivity index (χ0n) is 15.7. The van der Waals surface area contributed by atoms with Gasteiger partial charge in [-0.25, -0.2) is 14.4 Å². The molecule has 0 aromatic rings. The molecule has 0 aliphatic carbocycles. The number of aliphatic carboxylic acids is 1. The Bertz CT molecular complexity index is 490. The van der Waals surface area contributed by atoms with E-state index in [4.69, 9.17) is 9.84 Å². The Morgan fingerprint density at radius 2 is 1.72 bits per heavy atom. The smallest absolute Gasteiger partial charge is 0.337 e. The van der Waals surface area contributed by atoms with Crippen LogP contribution in [0.1, 0.15) is 46.5 Å². The SMILES string of the molecule is C=C(C)C(=O)OC.C=C(C=CC(=O)O)C(=O)OCC(CC)CCCC. The van der Waals surface area contributed by atoms with Crippen LogP contribution in [0.3, 0.4) is 0 Å². The lowest BCUT2D eigenvalue weighted by molar-refractivity contribution is -0.140. The predicted molar refractivity (Wildman–Crippen MR) is 97.0 cm³/mol. The highest BCUT2D eigenvalue weighted by Gasteiger charge is 2.11. The molecule has 0 aromatic carbocycles. The summed E-state index contributed by atoms with van der Waals surface area (Å²) in [6, 6.07) is 0. The third-order valence-corrected chi connectivity index (χ3v) is 3.22. The van der Waals surface area contributed by atoms with Crippen LogP contribution >= 0.6 is 0 Å². The Morgan fingerprint density at radius 1 is 1.12 bits per heavy atom. The van der Waals surface area contributed by atoms with Gasteiger partial charge in [-0.2, -0.15) is 0 Å². The fraction of sp³-hybridized carbons (Fsp3) is 0.526. The van der Waals surface area contributed by atoms with Crippen molar-refractivity contribution >= 4 is 17.9 Å². The third-order valence-electron chi connectivity index (χ3n) is 3.22. The maximum atomic E-state index is 11.5. The van der Waals surface area contributed by atoms with Crippen molar-refractivity contribution in [2.75, 3.05) is 13.7 Å². The van der Waals surface area contributed by atoms with E-state index in [1.54, 1.807) is 6.92 Å². The molecule has 1 atom stereocenters. The summed E-state index contributed by atoms with van der Waals surface area (Å²) < 4.78 is 9.38. The number of carboxylic acid groups (broad SMARTS) is 1. The van der Waals surface area contributed by atoms with Gasteiger partial charge in [0.15, 0.2) is 0 Å². The van der Waals surface area contributed by atoms with Gasteiger partial charge in [-0.1, -0.05) is 46.3 Å². The van der Waals surface area contributed by atoms with Crippen molar-refractivity contribution in [3.05, 3.63) is 36.5 Å². The van der Waals surface area contributed by atoms with Crippen LogP contribution in [0.2, 0.25) is 0 Å². The van der Waals surface area contributed by atoms with E-state index in [0.717, 1.165) is 37.8 Å². The van der Waals surface area contributed by atoms with Gasteiger partial charge in [-0.05, 0) is 25.3 Å². The number of carbonyl (C=O) groups is 3. The summed E-state index contributed by atoms with van der Waals surface area (Å²) in [7, 11) is 1.33. The standard InChI is InChI=1S/C14H22O4.C5H8O2/c1-4-6-7-12(5-2)10-18-14(17)11(3)8-9-13(15)16;1-4(2)5(6)7-3/h8-9,12H,3-7,10H2,1-2H3,(H,15,16);1H2,2-3H3. The van der Waals surface area contributed by atoms with Crippen molar-refractivity contribution < 1.29 is 29.0 Å². The summed E-state index contributed by atoms with van der Waals surface area (Å²) in [6.45, 7) is 13.0. The number of hydrogen-bond donors (Lipinski definition) is 1. The minimum atomic E-state index is -1.11. The van der Waals surface area contributed by atoms with Crippen molar-refractivity contribution in [2.24, 2.45) is 5.92 Å². The fourth-order valence-electron chi connectivity index (χ4n) is 1.60. The first kappa shape index (κ1) is 24.9. The highest BCUT2D eigenvalue weighted by atomic mass is 16.5. The van der Waals surface area contributed by atoms with Crippen LogP contribution in [-0.4, -0.2) is 36.7 Å². The topological polar surface area (TPSA) is 89.9 Å². The summed E-state index contributed by atoms with van der Waals surface area (Å²) in [6.07, 6.45) is 6.27. The lowest BCUT2D eigenvalue weighted by atomic mass is 10.0. The van der Waals surface area contributed by atoms with Crippen molar-refractivity contribution in [2.45, 2.75) is 46.5 Å². The zero-order chi connectivity index (χ0) is 19.8. The average Bonchev–Trinajstić information content (AvgIpc) is 2.59. The highest BCUT2D eigenvalue weighted by molar-refractivity contribution is 5.93. The van der Waals surface area contributed by atoms with Gasteiger partial charge < -0.3 is 14.6 Å². The molecule has 0 saturated heterocycles. The number of methoxy groups -OCH3 is 1. The molecule has 0 aromatic heterocycles. The lowest BCUT2D eigenvalue weighted by Crippen LogP contribution is -2.14. The van der Waals surface area contributed by atoms with Gasteiger partial charge in [0.25, 0.3) is 0 Å². The lowest BCUT2D eigenvalue weighted by Gasteiger charge is -2.14. The molecule has 0 aliphatic rings. The third kappa shape index (κ3) is 14.9. The van der Waals surface area contributed by atoms with Gasteiger partial charge >= 0.3 is 17.9 Å². The minimum Gasteiger partial charge on any atom is -0.478 e. The highest BCUT2D eigenvalue weighted by Crippen LogP contribution is 2.13. The maximum absolute atomic E-state index is 11.5. The van der Waals surface area contributed by atoms with Crippen molar-refractivity contribution in [1.29, 1.82) is 0 Å². The molecule has 0 bridgehead atoms. The molecule has 0 amide bonds. The quantitative estimate of drug-likeness (QED) is 0.366. The Kier molecular flexibility index (Phi) is 15.1. The molecule has 0 fully saturated rings. The van der Waals surface area contributed by atoms with Crippen molar-refractivity contribution in [1.82, 2.24) is 0 Å². The van der Waals surface area contributed by atoms with E-state index in [2.05, 4.69) is 31.7 Å². The van der Waals surface area contributed by atoms with Crippen molar-refractivity contribution in [3.63, 3.8) is 0 Å². The van der Waals surface area contributed by atoms with Crippen LogP contribution in [0.4, 0.5) is 0 Å². The largest absolute Gasteiger partial charge is 0.478 e. The Labute approximate surface area is 150 Å². The summed E-state index contributed by atoms with van der Waals surface area (Å²) in [5.41, 5.74) is 0.491.